The first-order valence-electron chi connectivity index (χ1n) is 9.71. The van der Waals surface area contributed by atoms with Crippen molar-refractivity contribution < 1.29 is 0 Å². The first-order valence-corrected chi connectivity index (χ1v) is 9.71. The highest BCUT2D eigenvalue weighted by molar-refractivity contribution is 5.85. The number of rotatable bonds is 3. The molecule has 1 N–H and O–H groups in total. The average molecular weight is 352 g/mol. The van der Waals surface area contributed by atoms with E-state index < -0.39 is 0 Å². The molecule has 0 spiro atoms. The number of hydrogen-bond acceptors (Lipinski definition) is 1. The number of fused-ring (bicyclic) bond motifs is 3. The zero-order chi connectivity index (χ0) is 18.3. The van der Waals surface area contributed by atoms with E-state index in [9.17, 15) is 0 Å². The molecule has 0 aliphatic carbocycles. The SMILES string of the molecule is CC1(c2ccccc2)c2[nH]c3ccccc3c2CCN1Cc1ccccc1. The molecule has 1 aromatic heterocycles. The van der Waals surface area contributed by atoms with E-state index in [0.717, 1.165) is 19.5 Å². The predicted molar refractivity (Wildman–Crippen MR) is 112 cm³/mol. The van der Waals surface area contributed by atoms with Crippen LogP contribution in [0.3, 0.4) is 0 Å². The molecule has 2 heteroatoms. The molecule has 27 heavy (non-hydrogen) atoms. The Morgan fingerprint density at radius 1 is 0.852 bits per heavy atom. The fraction of sp³-hybridized carbons (Fsp3) is 0.200. The Bertz CT molecular complexity index is 1070. The van der Waals surface area contributed by atoms with Crippen LogP contribution in [0.25, 0.3) is 10.9 Å². The highest BCUT2D eigenvalue weighted by atomic mass is 15.2. The minimum Gasteiger partial charge on any atom is -0.356 e. The average Bonchev–Trinajstić information content (AvgIpc) is 3.11. The molecule has 0 saturated heterocycles. The minimum absolute atomic E-state index is 0.177. The molecule has 5 rings (SSSR count). The maximum Gasteiger partial charge on any atom is 0.0844 e. The van der Waals surface area contributed by atoms with E-state index in [-0.39, 0.29) is 5.54 Å². The van der Waals surface area contributed by atoms with E-state index in [1.165, 1.54) is 33.3 Å². The van der Waals surface area contributed by atoms with Gasteiger partial charge in [-0.15, -0.1) is 0 Å². The van der Waals surface area contributed by atoms with Gasteiger partial charge in [0.1, 0.15) is 0 Å². The van der Waals surface area contributed by atoms with Gasteiger partial charge in [-0.2, -0.15) is 0 Å². The molecule has 2 heterocycles. The molecule has 0 fully saturated rings. The van der Waals surface area contributed by atoms with Gasteiger partial charge in [-0.25, -0.2) is 0 Å². The molecular weight excluding hydrogens is 328 g/mol. The van der Waals surface area contributed by atoms with Crippen LogP contribution in [0.5, 0.6) is 0 Å². The summed E-state index contributed by atoms with van der Waals surface area (Å²) in [5, 5.41) is 1.37. The van der Waals surface area contributed by atoms with Crippen molar-refractivity contribution in [2.24, 2.45) is 0 Å². The Kier molecular flexibility index (Phi) is 3.87. The third-order valence-corrected chi connectivity index (χ3v) is 6.12. The van der Waals surface area contributed by atoms with Crippen LogP contribution >= 0.6 is 0 Å². The van der Waals surface area contributed by atoms with Crippen LogP contribution < -0.4 is 0 Å². The molecular formula is C25H24N2. The maximum absolute atomic E-state index is 3.78. The second kappa shape index (κ2) is 6.40. The number of hydrogen-bond donors (Lipinski definition) is 1. The normalized spacial score (nSPS) is 19.9. The summed E-state index contributed by atoms with van der Waals surface area (Å²) < 4.78 is 0. The fourth-order valence-corrected chi connectivity index (χ4v) is 4.63. The molecule has 134 valence electrons. The minimum atomic E-state index is -0.177. The molecule has 3 aromatic carbocycles. The van der Waals surface area contributed by atoms with Gasteiger partial charge in [-0.3, -0.25) is 4.90 Å². The topological polar surface area (TPSA) is 19.0 Å². The Morgan fingerprint density at radius 2 is 1.52 bits per heavy atom. The summed E-state index contributed by atoms with van der Waals surface area (Å²) >= 11 is 0. The summed E-state index contributed by atoms with van der Waals surface area (Å²) in [7, 11) is 0. The molecule has 0 radical (unpaired) electrons. The summed E-state index contributed by atoms with van der Waals surface area (Å²) in [6.45, 7) is 4.37. The van der Waals surface area contributed by atoms with Gasteiger partial charge in [0.2, 0.25) is 0 Å². The number of para-hydroxylation sites is 1. The summed E-state index contributed by atoms with van der Waals surface area (Å²) in [5.74, 6) is 0. The molecule has 1 unspecified atom stereocenters. The molecule has 0 amide bonds. The Morgan fingerprint density at radius 3 is 2.30 bits per heavy atom. The predicted octanol–water partition coefficient (Wildman–Crippen LogP) is 5.49. The molecule has 2 nitrogen and oxygen atoms in total. The highest BCUT2D eigenvalue weighted by Crippen LogP contribution is 2.43. The third kappa shape index (κ3) is 2.60. The lowest BCUT2D eigenvalue weighted by atomic mass is 9.80. The van der Waals surface area contributed by atoms with Crippen LogP contribution in [0.4, 0.5) is 0 Å². The van der Waals surface area contributed by atoms with E-state index in [0.29, 0.717) is 0 Å². The number of aromatic nitrogens is 1. The van der Waals surface area contributed by atoms with Crippen LogP contribution in [-0.2, 0) is 18.5 Å². The van der Waals surface area contributed by atoms with Crippen LogP contribution in [0.1, 0.15) is 29.3 Å². The van der Waals surface area contributed by atoms with Crippen LogP contribution in [0.2, 0.25) is 0 Å². The van der Waals surface area contributed by atoms with Gasteiger partial charge in [0.05, 0.1) is 5.54 Å². The molecule has 0 saturated carbocycles. The van der Waals surface area contributed by atoms with Gasteiger partial charge in [0.15, 0.2) is 0 Å². The van der Waals surface area contributed by atoms with Crippen molar-refractivity contribution in [1.29, 1.82) is 0 Å². The van der Waals surface area contributed by atoms with Gasteiger partial charge < -0.3 is 4.98 Å². The zero-order valence-corrected chi connectivity index (χ0v) is 15.7. The van der Waals surface area contributed by atoms with Gasteiger partial charge in [-0.05, 0) is 36.1 Å². The van der Waals surface area contributed by atoms with Gasteiger partial charge >= 0.3 is 0 Å². The van der Waals surface area contributed by atoms with E-state index in [1.807, 2.05) is 0 Å². The zero-order valence-electron chi connectivity index (χ0n) is 15.7. The van der Waals surface area contributed by atoms with Crippen LogP contribution in [0, 0.1) is 0 Å². The van der Waals surface area contributed by atoms with Gasteiger partial charge in [0, 0.05) is 29.7 Å². The molecule has 1 aliphatic rings. The third-order valence-electron chi connectivity index (χ3n) is 6.12. The summed E-state index contributed by atoms with van der Waals surface area (Å²) in [5.41, 5.74) is 6.58. The second-order valence-electron chi connectivity index (χ2n) is 7.62. The number of aromatic amines is 1. The summed E-state index contributed by atoms with van der Waals surface area (Å²) in [6, 6.07) is 30.4. The maximum atomic E-state index is 3.78. The molecule has 1 atom stereocenters. The standard InChI is InChI=1S/C25H24N2/c1-25(20-12-6-3-7-13-20)24-22(21-14-8-9-15-23(21)26-24)16-17-27(25)18-19-10-4-2-5-11-19/h2-15,26H,16-18H2,1H3. The smallest absolute Gasteiger partial charge is 0.0844 e. The van der Waals surface area contributed by atoms with E-state index in [1.54, 1.807) is 0 Å². The quantitative estimate of drug-likeness (QED) is 0.516. The lowest BCUT2D eigenvalue weighted by Crippen LogP contribution is -2.49. The van der Waals surface area contributed by atoms with Crippen molar-refractivity contribution in [3.05, 3.63) is 107 Å². The van der Waals surface area contributed by atoms with Gasteiger partial charge in [0.25, 0.3) is 0 Å². The number of nitrogens with one attached hydrogen (secondary N) is 1. The monoisotopic (exact) mass is 352 g/mol. The molecule has 1 aliphatic heterocycles. The molecule has 4 aromatic rings. The van der Waals surface area contributed by atoms with Crippen molar-refractivity contribution in [3.8, 4) is 0 Å². The first kappa shape index (κ1) is 16.3. The highest BCUT2D eigenvalue weighted by Gasteiger charge is 2.42. The summed E-state index contributed by atoms with van der Waals surface area (Å²) in [6.07, 6.45) is 1.08. The lowest BCUT2D eigenvalue weighted by molar-refractivity contribution is 0.114. The number of benzene rings is 3. The van der Waals surface area contributed by atoms with Crippen molar-refractivity contribution in [2.75, 3.05) is 6.54 Å². The van der Waals surface area contributed by atoms with E-state index in [4.69, 9.17) is 0 Å². The summed E-state index contributed by atoms with van der Waals surface area (Å²) in [4.78, 5) is 6.40. The lowest BCUT2D eigenvalue weighted by Gasteiger charge is -2.45. The second-order valence-corrected chi connectivity index (χ2v) is 7.62. The van der Waals surface area contributed by atoms with Crippen LogP contribution in [-0.4, -0.2) is 16.4 Å². The van der Waals surface area contributed by atoms with Crippen molar-refractivity contribution in [2.45, 2.75) is 25.4 Å². The van der Waals surface area contributed by atoms with Crippen molar-refractivity contribution in [1.82, 2.24) is 9.88 Å². The Balaban J connectivity index is 1.69. The van der Waals surface area contributed by atoms with E-state index in [2.05, 4.69) is 102 Å². The van der Waals surface area contributed by atoms with E-state index >= 15 is 0 Å². The largest absolute Gasteiger partial charge is 0.356 e. The molecule has 0 bridgehead atoms. The fourth-order valence-electron chi connectivity index (χ4n) is 4.63. The van der Waals surface area contributed by atoms with Gasteiger partial charge in [-0.1, -0.05) is 78.9 Å². The van der Waals surface area contributed by atoms with Crippen molar-refractivity contribution >= 4 is 10.9 Å². The Labute approximate surface area is 160 Å². The number of nitrogens with zero attached hydrogens (tertiary/aromatic N) is 1. The number of H-pyrrole nitrogens is 1. The Hall–Kier alpha value is -2.84. The van der Waals surface area contributed by atoms with Crippen molar-refractivity contribution in [3.63, 3.8) is 0 Å². The van der Waals surface area contributed by atoms with Crippen LogP contribution in [0.15, 0.2) is 84.9 Å². The first-order chi connectivity index (χ1) is 13.3.